The van der Waals surface area contributed by atoms with Gasteiger partial charge < -0.3 is 20.3 Å². The van der Waals surface area contributed by atoms with E-state index in [9.17, 15) is 4.79 Å². The number of amides is 2. The molecule has 1 fully saturated rings. The second-order valence-electron chi connectivity index (χ2n) is 6.16. The van der Waals surface area contributed by atoms with Crippen molar-refractivity contribution in [3.8, 4) is 5.75 Å². The molecule has 0 saturated carbocycles. The van der Waals surface area contributed by atoms with Gasteiger partial charge in [-0.25, -0.2) is 14.8 Å². The van der Waals surface area contributed by atoms with Crippen molar-refractivity contribution in [1.29, 1.82) is 0 Å². The molecule has 1 aromatic carbocycles. The number of carbonyl (C=O) groups excluding carboxylic acids is 1. The molecule has 26 heavy (non-hydrogen) atoms. The highest BCUT2D eigenvalue weighted by atomic mass is 16.5. The maximum absolute atomic E-state index is 12.1. The Hall–Kier alpha value is -2.83. The van der Waals surface area contributed by atoms with Gasteiger partial charge in [0.05, 0.1) is 18.8 Å². The van der Waals surface area contributed by atoms with E-state index in [0.29, 0.717) is 18.8 Å². The third-order valence-electron chi connectivity index (χ3n) is 4.19. The van der Waals surface area contributed by atoms with E-state index in [4.69, 9.17) is 4.74 Å². The smallest absolute Gasteiger partial charge is 0.319 e. The minimum Gasteiger partial charge on any atom is -0.494 e. The van der Waals surface area contributed by atoms with Crippen molar-refractivity contribution >= 4 is 17.7 Å². The van der Waals surface area contributed by atoms with Crippen LogP contribution in [0.5, 0.6) is 5.75 Å². The van der Waals surface area contributed by atoms with Crippen LogP contribution in [0.2, 0.25) is 0 Å². The van der Waals surface area contributed by atoms with Crippen molar-refractivity contribution in [3.05, 3.63) is 42.2 Å². The Morgan fingerprint density at radius 1 is 1.15 bits per heavy atom. The highest BCUT2D eigenvalue weighted by molar-refractivity contribution is 5.89. The number of hydrogen-bond acceptors (Lipinski definition) is 5. The first-order valence-corrected chi connectivity index (χ1v) is 9.09. The predicted molar refractivity (Wildman–Crippen MR) is 102 cm³/mol. The number of carbonyl (C=O) groups is 1. The average molecular weight is 355 g/mol. The molecule has 7 heteroatoms. The molecule has 2 amide bonds. The molecule has 0 radical (unpaired) electrons. The molecule has 1 aromatic heterocycles. The molecular formula is C19H25N5O2. The van der Waals surface area contributed by atoms with Gasteiger partial charge in [-0.05, 0) is 56.5 Å². The Bertz CT molecular complexity index is 714. The summed E-state index contributed by atoms with van der Waals surface area (Å²) >= 11 is 0. The number of rotatable bonds is 6. The van der Waals surface area contributed by atoms with Crippen LogP contribution in [0, 0.1) is 0 Å². The van der Waals surface area contributed by atoms with Crippen LogP contribution in [0.25, 0.3) is 0 Å². The summed E-state index contributed by atoms with van der Waals surface area (Å²) in [5, 5.41) is 5.63. The summed E-state index contributed by atoms with van der Waals surface area (Å²) in [5.41, 5.74) is 1.50. The van der Waals surface area contributed by atoms with Crippen molar-refractivity contribution in [2.75, 3.05) is 29.9 Å². The maximum Gasteiger partial charge on any atom is 0.319 e. The maximum atomic E-state index is 12.1. The first kappa shape index (κ1) is 18.0. The molecule has 1 aliphatic rings. The van der Waals surface area contributed by atoms with Crippen molar-refractivity contribution in [2.45, 2.75) is 32.7 Å². The normalized spacial score (nSPS) is 14.0. The Labute approximate surface area is 153 Å². The molecule has 3 rings (SSSR count). The number of hydrogen-bond donors (Lipinski definition) is 2. The summed E-state index contributed by atoms with van der Waals surface area (Å²) in [4.78, 5) is 23.2. The lowest BCUT2D eigenvalue weighted by Crippen LogP contribution is -2.32. The molecule has 0 unspecified atom stereocenters. The number of piperidine rings is 1. The van der Waals surface area contributed by atoms with Crippen LogP contribution in [-0.4, -0.2) is 35.7 Å². The minimum absolute atomic E-state index is 0.271. The molecule has 2 heterocycles. The van der Waals surface area contributed by atoms with E-state index in [2.05, 4.69) is 25.5 Å². The fourth-order valence-corrected chi connectivity index (χ4v) is 2.88. The van der Waals surface area contributed by atoms with Crippen LogP contribution < -0.4 is 20.3 Å². The summed E-state index contributed by atoms with van der Waals surface area (Å²) < 4.78 is 5.39. The molecule has 1 aliphatic heterocycles. The van der Waals surface area contributed by atoms with Crippen LogP contribution in [0.4, 0.5) is 16.4 Å². The number of benzene rings is 1. The van der Waals surface area contributed by atoms with Gasteiger partial charge in [-0.15, -0.1) is 0 Å². The second kappa shape index (κ2) is 9.03. The molecule has 1 saturated heterocycles. The molecule has 0 spiro atoms. The van der Waals surface area contributed by atoms with E-state index in [1.165, 1.54) is 19.3 Å². The number of anilines is 2. The quantitative estimate of drug-likeness (QED) is 0.832. The lowest BCUT2D eigenvalue weighted by atomic mass is 10.1. The van der Waals surface area contributed by atoms with Gasteiger partial charge in [-0.3, -0.25) is 0 Å². The van der Waals surface area contributed by atoms with E-state index in [1.54, 1.807) is 6.20 Å². The first-order chi connectivity index (χ1) is 12.7. The number of urea groups is 1. The van der Waals surface area contributed by atoms with Crippen LogP contribution in [0.15, 0.2) is 36.5 Å². The second-order valence-corrected chi connectivity index (χ2v) is 6.16. The molecule has 0 atom stereocenters. The van der Waals surface area contributed by atoms with Crippen molar-refractivity contribution in [1.82, 2.24) is 15.3 Å². The SMILES string of the molecule is CCOc1ccc(NC(=O)NCc2ccnc(N3CCCCC3)n2)cc1. The fourth-order valence-electron chi connectivity index (χ4n) is 2.88. The van der Waals surface area contributed by atoms with E-state index in [0.717, 1.165) is 30.5 Å². The van der Waals surface area contributed by atoms with Gasteiger partial charge in [0.2, 0.25) is 5.95 Å². The lowest BCUT2D eigenvalue weighted by molar-refractivity contribution is 0.251. The van der Waals surface area contributed by atoms with Gasteiger partial charge in [0, 0.05) is 25.0 Å². The molecule has 138 valence electrons. The van der Waals surface area contributed by atoms with E-state index in [1.807, 2.05) is 37.3 Å². The van der Waals surface area contributed by atoms with Crippen LogP contribution >= 0.6 is 0 Å². The van der Waals surface area contributed by atoms with Gasteiger partial charge in [0.15, 0.2) is 0 Å². The highest BCUT2D eigenvalue weighted by Crippen LogP contribution is 2.16. The fraction of sp³-hybridized carbons (Fsp3) is 0.421. The van der Waals surface area contributed by atoms with Crippen molar-refractivity contribution in [2.24, 2.45) is 0 Å². The van der Waals surface area contributed by atoms with E-state index < -0.39 is 0 Å². The van der Waals surface area contributed by atoms with Gasteiger partial charge in [-0.1, -0.05) is 0 Å². The Balaban J connectivity index is 1.51. The van der Waals surface area contributed by atoms with Gasteiger partial charge in [-0.2, -0.15) is 0 Å². The molecule has 0 bridgehead atoms. The Morgan fingerprint density at radius 3 is 2.65 bits per heavy atom. The molecule has 7 nitrogen and oxygen atoms in total. The molecule has 0 aliphatic carbocycles. The molecule has 2 N–H and O–H groups in total. The topological polar surface area (TPSA) is 79.4 Å². The number of nitrogens with zero attached hydrogens (tertiary/aromatic N) is 3. The van der Waals surface area contributed by atoms with E-state index in [-0.39, 0.29) is 6.03 Å². The number of aromatic nitrogens is 2. The van der Waals surface area contributed by atoms with Crippen LogP contribution in [-0.2, 0) is 6.54 Å². The molecular weight excluding hydrogens is 330 g/mol. The standard InChI is InChI=1S/C19H25N5O2/c1-2-26-17-8-6-15(7-9-17)23-19(25)21-14-16-10-11-20-18(22-16)24-12-4-3-5-13-24/h6-11H,2-5,12-14H2,1H3,(H2,21,23,25). The molecule has 2 aromatic rings. The highest BCUT2D eigenvalue weighted by Gasteiger charge is 2.13. The number of nitrogens with one attached hydrogen (secondary N) is 2. The minimum atomic E-state index is -0.271. The Kier molecular flexibility index (Phi) is 6.24. The summed E-state index contributed by atoms with van der Waals surface area (Å²) in [6, 6.07) is 8.83. The summed E-state index contributed by atoms with van der Waals surface area (Å²) in [6.07, 6.45) is 5.37. The Morgan fingerprint density at radius 2 is 1.92 bits per heavy atom. The average Bonchev–Trinajstić information content (AvgIpc) is 2.69. The monoisotopic (exact) mass is 355 g/mol. The third-order valence-corrected chi connectivity index (χ3v) is 4.19. The van der Waals surface area contributed by atoms with Crippen molar-refractivity contribution in [3.63, 3.8) is 0 Å². The first-order valence-electron chi connectivity index (χ1n) is 9.09. The van der Waals surface area contributed by atoms with Gasteiger partial charge in [0.25, 0.3) is 0 Å². The number of ether oxygens (including phenoxy) is 1. The summed E-state index contributed by atoms with van der Waals surface area (Å²) in [6.45, 7) is 4.89. The largest absolute Gasteiger partial charge is 0.494 e. The zero-order chi connectivity index (χ0) is 18.2. The lowest BCUT2D eigenvalue weighted by Gasteiger charge is -2.26. The van der Waals surface area contributed by atoms with Gasteiger partial charge in [0.1, 0.15) is 5.75 Å². The summed E-state index contributed by atoms with van der Waals surface area (Å²) in [5.74, 6) is 1.53. The van der Waals surface area contributed by atoms with Crippen LogP contribution in [0.3, 0.4) is 0 Å². The predicted octanol–water partition coefficient (Wildman–Crippen LogP) is 3.19. The zero-order valence-electron chi connectivity index (χ0n) is 15.1. The van der Waals surface area contributed by atoms with Gasteiger partial charge >= 0.3 is 6.03 Å². The van der Waals surface area contributed by atoms with E-state index >= 15 is 0 Å². The zero-order valence-corrected chi connectivity index (χ0v) is 15.1. The third kappa shape index (κ3) is 5.08. The summed E-state index contributed by atoms with van der Waals surface area (Å²) in [7, 11) is 0. The van der Waals surface area contributed by atoms with Crippen molar-refractivity contribution < 1.29 is 9.53 Å². The van der Waals surface area contributed by atoms with Crippen LogP contribution in [0.1, 0.15) is 31.9 Å².